The maximum absolute atomic E-state index is 2.30. The van der Waals surface area contributed by atoms with Gasteiger partial charge in [-0.05, 0) is 41.7 Å². The van der Waals surface area contributed by atoms with Gasteiger partial charge in [-0.2, -0.15) is 0 Å². The molecule has 1 aliphatic rings. The van der Waals surface area contributed by atoms with Crippen LogP contribution >= 0.6 is 0 Å². The Hall–Kier alpha value is -2.35. The molecule has 0 aliphatic heterocycles. The zero-order valence-electron chi connectivity index (χ0n) is 15.9. The third-order valence-corrected chi connectivity index (χ3v) is 5.15. The lowest BCUT2D eigenvalue weighted by atomic mass is 9.84. The van der Waals surface area contributed by atoms with Crippen LogP contribution in [0.2, 0.25) is 0 Å². The maximum atomic E-state index is 2.30. The first kappa shape index (κ1) is 17.5. The maximum Gasteiger partial charge on any atom is 0.152 e. The summed E-state index contributed by atoms with van der Waals surface area (Å²) in [6, 6.07) is 19.9. The fraction of sp³-hybridized carbons (Fsp3) is 0.348. The van der Waals surface area contributed by atoms with Gasteiger partial charge in [0.15, 0.2) is 5.71 Å². The van der Waals surface area contributed by atoms with E-state index in [2.05, 4.69) is 92.3 Å². The largest absolute Gasteiger partial charge is 0.378 e. The van der Waals surface area contributed by atoms with Crippen LogP contribution in [0.1, 0.15) is 36.8 Å². The van der Waals surface area contributed by atoms with E-state index in [4.69, 9.17) is 0 Å². The van der Waals surface area contributed by atoms with E-state index < -0.39 is 0 Å². The monoisotopic (exact) mass is 333 g/mol. The van der Waals surface area contributed by atoms with Gasteiger partial charge in [0.05, 0.1) is 0 Å². The van der Waals surface area contributed by atoms with Crippen LogP contribution in [0.15, 0.2) is 60.2 Å². The minimum absolute atomic E-state index is 1.16. The Labute approximate surface area is 152 Å². The third kappa shape index (κ3) is 4.01. The first-order chi connectivity index (χ1) is 12.1. The summed E-state index contributed by atoms with van der Waals surface area (Å²) in [6.07, 6.45) is 4.67. The fourth-order valence-corrected chi connectivity index (χ4v) is 3.64. The van der Waals surface area contributed by atoms with Crippen LogP contribution in [0.4, 0.5) is 5.69 Å². The molecule has 130 valence electrons. The first-order valence-electron chi connectivity index (χ1n) is 9.13. The molecular formula is C23H29N2+. The molecule has 2 nitrogen and oxygen atoms in total. The number of rotatable bonds is 3. The van der Waals surface area contributed by atoms with E-state index in [1.807, 2.05) is 0 Å². The van der Waals surface area contributed by atoms with Crippen LogP contribution in [0.25, 0.3) is 5.57 Å². The minimum Gasteiger partial charge on any atom is -0.378 e. The minimum atomic E-state index is 1.16. The SMILES string of the molecule is CN(C)c1ccc(C(=C2CCC(=[N+](C)C)CC2)c2ccccc2)cc1. The summed E-state index contributed by atoms with van der Waals surface area (Å²) in [4.78, 5) is 2.15. The van der Waals surface area contributed by atoms with Crippen LogP contribution in [0, 0.1) is 0 Å². The molecule has 0 saturated heterocycles. The first-order valence-corrected chi connectivity index (χ1v) is 9.13. The van der Waals surface area contributed by atoms with Crippen molar-refractivity contribution in [2.24, 2.45) is 0 Å². The molecule has 0 N–H and O–H groups in total. The second kappa shape index (κ2) is 7.69. The molecule has 0 amide bonds. The molecule has 0 spiro atoms. The van der Waals surface area contributed by atoms with Gasteiger partial charge in [0, 0.05) is 32.6 Å². The van der Waals surface area contributed by atoms with Gasteiger partial charge in [0.2, 0.25) is 0 Å². The van der Waals surface area contributed by atoms with E-state index in [0.29, 0.717) is 0 Å². The van der Waals surface area contributed by atoms with E-state index in [9.17, 15) is 0 Å². The lowest BCUT2D eigenvalue weighted by Crippen LogP contribution is -2.18. The van der Waals surface area contributed by atoms with E-state index in [1.54, 1.807) is 11.3 Å². The molecule has 2 heteroatoms. The summed E-state index contributed by atoms with van der Waals surface area (Å²) in [5, 5.41) is 0. The van der Waals surface area contributed by atoms with Gasteiger partial charge in [-0.3, -0.25) is 0 Å². The van der Waals surface area contributed by atoms with E-state index >= 15 is 0 Å². The van der Waals surface area contributed by atoms with Gasteiger partial charge in [0.1, 0.15) is 14.1 Å². The number of hydrogen-bond acceptors (Lipinski definition) is 1. The molecule has 0 radical (unpaired) electrons. The zero-order valence-corrected chi connectivity index (χ0v) is 15.9. The zero-order chi connectivity index (χ0) is 17.8. The summed E-state index contributed by atoms with van der Waals surface area (Å²) in [5.41, 5.74) is 8.51. The lowest BCUT2D eigenvalue weighted by molar-refractivity contribution is -0.467. The van der Waals surface area contributed by atoms with Crippen molar-refractivity contribution in [2.45, 2.75) is 25.7 Å². The molecule has 2 aromatic carbocycles. The van der Waals surface area contributed by atoms with Crippen molar-refractivity contribution in [3.8, 4) is 0 Å². The number of anilines is 1. The Morgan fingerprint density at radius 2 is 1.32 bits per heavy atom. The molecule has 1 saturated carbocycles. The summed E-state index contributed by atoms with van der Waals surface area (Å²) in [7, 11) is 8.51. The van der Waals surface area contributed by atoms with Crippen molar-refractivity contribution in [3.05, 3.63) is 71.3 Å². The standard InChI is InChI=1S/C23H29N2/c1-24(2)21-14-10-19(11-15-21)23(18-8-6-5-7-9-18)20-12-16-22(17-13-20)25(3)4/h5-11,14-15H,12-13,16-17H2,1-4H3/q+1. The number of allylic oxidation sites excluding steroid dienone is 1. The van der Waals surface area contributed by atoms with Gasteiger partial charge in [-0.1, -0.05) is 48.0 Å². The van der Waals surface area contributed by atoms with Crippen molar-refractivity contribution in [1.29, 1.82) is 0 Å². The van der Waals surface area contributed by atoms with Crippen LogP contribution in [-0.4, -0.2) is 38.5 Å². The normalized spacial score (nSPS) is 14.4. The molecule has 25 heavy (non-hydrogen) atoms. The van der Waals surface area contributed by atoms with Gasteiger partial charge in [-0.25, -0.2) is 4.58 Å². The molecule has 1 aliphatic carbocycles. The topological polar surface area (TPSA) is 6.25 Å². The van der Waals surface area contributed by atoms with E-state index in [-0.39, 0.29) is 0 Å². The predicted octanol–water partition coefficient (Wildman–Crippen LogP) is 4.84. The second-order valence-electron chi connectivity index (χ2n) is 7.25. The lowest BCUT2D eigenvalue weighted by Gasteiger charge is -2.21. The summed E-state index contributed by atoms with van der Waals surface area (Å²) < 4.78 is 2.30. The molecule has 1 fully saturated rings. The van der Waals surface area contributed by atoms with E-state index in [0.717, 1.165) is 12.8 Å². The van der Waals surface area contributed by atoms with Gasteiger partial charge in [-0.15, -0.1) is 0 Å². The van der Waals surface area contributed by atoms with Crippen LogP contribution in [0.3, 0.4) is 0 Å². The van der Waals surface area contributed by atoms with Gasteiger partial charge >= 0.3 is 0 Å². The van der Waals surface area contributed by atoms with Crippen molar-refractivity contribution in [1.82, 2.24) is 0 Å². The highest BCUT2D eigenvalue weighted by Gasteiger charge is 2.21. The molecule has 0 heterocycles. The molecule has 0 atom stereocenters. The Morgan fingerprint density at radius 3 is 1.84 bits per heavy atom. The predicted molar refractivity (Wildman–Crippen MR) is 109 cm³/mol. The van der Waals surface area contributed by atoms with Crippen molar-refractivity contribution < 1.29 is 4.58 Å². The molecule has 0 unspecified atom stereocenters. The van der Waals surface area contributed by atoms with E-state index in [1.165, 1.54) is 35.2 Å². The molecule has 0 aromatic heterocycles. The molecular weight excluding hydrogens is 304 g/mol. The Kier molecular flexibility index (Phi) is 5.37. The second-order valence-corrected chi connectivity index (χ2v) is 7.25. The molecule has 0 bridgehead atoms. The van der Waals surface area contributed by atoms with Crippen molar-refractivity contribution >= 4 is 17.0 Å². The fourth-order valence-electron chi connectivity index (χ4n) is 3.64. The van der Waals surface area contributed by atoms with Crippen molar-refractivity contribution in [3.63, 3.8) is 0 Å². The summed E-state index contributed by atoms with van der Waals surface area (Å²) >= 11 is 0. The molecule has 3 rings (SSSR count). The van der Waals surface area contributed by atoms with Crippen LogP contribution in [-0.2, 0) is 0 Å². The summed E-state index contributed by atoms with van der Waals surface area (Å²) in [5.74, 6) is 0. The smallest absolute Gasteiger partial charge is 0.152 e. The Morgan fingerprint density at radius 1 is 0.760 bits per heavy atom. The number of hydrogen-bond donors (Lipinski definition) is 0. The number of benzene rings is 2. The molecule has 2 aromatic rings. The van der Waals surface area contributed by atoms with Crippen LogP contribution < -0.4 is 4.90 Å². The highest BCUT2D eigenvalue weighted by atomic mass is 15.1. The highest BCUT2D eigenvalue weighted by Crippen LogP contribution is 2.34. The highest BCUT2D eigenvalue weighted by molar-refractivity contribution is 5.87. The quantitative estimate of drug-likeness (QED) is 0.728. The van der Waals surface area contributed by atoms with Crippen LogP contribution in [0.5, 0.6) is 0 Å². The van der Waals surface area contributed by atoms with Crippen molar-refractivity contribution in [2.75, 3.05) is 33.1 Å². The summed E-state index contributed by atoms with van der Waals surface area (Å²) in [6.45, 7) is 0. The third-order valence-electron chi connectivity index (χ3n) is 5.15. The van der Waals surface area contributed by atoms with Gasteiger partial charge in [0.25, 0.3) is 0 Å². The average molecular weight is 333 g/mol. The van der Waals surface area contributed by atoms with Gasteiger partial charge < -0.3 is 4.90 Å². The Bertz CT molecular complexity index is 765. The average Bonchev–Trinajstić information content (AvgIpc) is 2.64. The Balaban J connectivity index is 2.02. The number of nitrogens with zero attached hydrogens (tertiary/aromatic N) is 2.